The largest absolute Gasteiger partial charge is 0.465 e. The van der Waals surface area contributed by atoms with E-state index in [1.807, 2.05) is 9.75 Å². The molecule has 2 aromatic heterocycles. The number of hydrogen-bond acceptors (Lipinski definition) is 6. The number of carboxylic acid groups (broad SMARTS) is 1. The molecule has 2 aromatic rings. The van der Waals surface area contributed by atoms with E-state index in [0.29, 0.717) is 24.7 Å². The predicted octanol–water partition coefficient (Wildman–Crippen LogP) is 1.53. The van der Waals surface area contributed by atoms with E-state index in [4.69, 9.17) is 4.84 Å². The van der Waals surface area contributed by atoms with Gasteiger partial charge in [0.1, 0.15) is 12.0 Å². The highest BCUT2D eigenvalue weighted by Gasteiger charge is 2.56. The van der Waals surface area contributed by atoms with Crippen LogP contribution >= 0.6 is 0 Å². The highest BCUT2D eigenvalue weighted by Crippen LogP contribution is 2.47. The zero-order valence-electron chi connectivity index (χ0n) is 14.5. The smallest absolute Gasteiger partial charge is 0.409 e. The minimum Gasteiger partial charge on any atom is -0.465 e. The molecule has 138 valence electrons. The van der Waals surface area contributed by atoms with Gasteiger partial charge in [-0.25, -0.2) is 19.4 Å². The minimum absolute atomic E-state index is 0.0516. The van der Waals surface area contributed by atoms with Gasteiger partial charge in [0, 0.05) is 31.7 Å². The van der Waals surface area contributed by atoms with Crippen LogP contribution in [0, 0.1) is 11.8 Å². The van der Waals surface area contributed by atoms with Crippen LogP contribution in [0.15, 0.2) is 18.7 Å². The van der Waals surface area contributed by atoms with E-state index < -0.39 is 11.8 Å². The van der Waals surface area contributed by atoms with Gasteiger partial charge < -0.3 is 5.11 Å². The number of hydroxylamine groups is 2. The van der Waals surface area contributed by atoms with E-state index in [2.05, 4.69) is 15.1 Å². The molecule has 0 aliphatic carbocycles. The Labute approximate surface area is 150 Å². The molecule has 4 atom stereocenters. The van der Waals surface area contributed by atoms with E-state index in [-0.39, 0.29) is 5.92 Å². The van der Waals surface area contributed by atoms with Crippen LogP contribution in [-0.4, -0.2) is 67.2 Å². The normalized spacial score (nSPS) is 34.3. The Morgan fingerprint density at radius 1 is 1.31 bits per heavy atom. The number of fused-ring (bicyclic) bond motifs is 3. The van der Waals surface area contributed by atoms with Crippen molar-refractivity contribution in [1.82, 2.24) is 29.7 Å². The molecule has 2 bridgehead atoms. The summed E-state index contributed by atoms with van der Waals surface area (Å²) in [5.74, 6) is 0.445. The summed E-state index contributed by atoms with van der Waals surface area (Å²) in [6.07, 6.45) is 7.63. The molecule has 1 N–H and O–H groups in total. The van der Waals surface area contributed by atoms with Crippen molar-refractivity contribution >= 4 is 17.1 Å². The van der Waals surface area contributed by atoms with Crippen molar-refractivity contribution in [2.75, 3.05) is 26.2 Å². The fourth-order valence-electron chi connectivity index (χ4n) is 5.10. The van der Waals surface area contributed by atoms with Crippen LogP contribution in [0.25, 0.3) is 11.0 Å². The molecular weight excluding hydrogens is 336 g/mol. The summed E-state index contributed by atoms with van der Waals surface area (Å²) in [6, 6.07) is 0. The number of amides is 1. The first kappa shape index (κ1) is 16.0. The molecule has 0 aromatic carbocycles. The Morgan fingerprint density at radius 2 is 2.23 bits per heavy atom. The molecule has 3 aliphatic rings. The van der Waals surface area contributed by atoms with Gasteiger partial charge in [-0.3, -0.25) is 9.74 Å². The molecule has 5 heterocycles. The fraction of sp³-hybridized carbons (Fsp3) is 0.647. The fourth-order valence-corrected chi connectivity index (χ4v) is 5.10. The molecule has 5 rings (SSSR count). The first-order valence-corrected chi connectivity index (χ1v) is 9.23. The van der Waals surface area contributed by atoms with Gasteiger partial charge in [0.2, 0.25) is 0 Å². The van der Waals surface area contributed by atoms with Crippen LogP contribution in [0.3, 0.4) is 0 Å². The zero-order valence-corrected chi connectivity index (χ0v) is 14.5. The number of nitrogens with zero attached hydrogens (tertiary/aromatic N) is 6. The van der Waals surface area contributed by atoms with E-state index >= 15 is 0 Å². The number of piperidine rings is 1. The molecule has 0 spiro atoms. The summed E-state index contributed by atoms with van der Waals surface area (Å²) in [4.78, 5) is 28.3. The highest BCUT2D eigenvalue weighted by molar-refractivity contribution is 5.74. The molecule has 9 nitrogen and oxygen atoms in total. The van der Waals surface area contributed by atoms with Crippen molar-refractivity contribution < 1.29 is 14.7 Å². The topological polar surface area (TPSA) is 96.6 Å². The molecule has 9 heteroatoms. The summed E-state index contributed by atoms with van der Waals surface area (Å²) in [5, 5.41) is 17.5. The van der Waals surface area contributed by atoms with Gasteiger partial charge in [-0.1, -0.05) is 0 Å². The van der Waals surface area contributed by atoms with Gasteiger partial charge in [-0.05, 0) is 31.6 Å². The Kier molecular flexibility index (Phi) is 3.61. The van der Waals surface area contributed by atoms with E-state index in [1.165, 1.54) is 6.33 Å². The molecule has 0 radical (unpaired) electrons. The van der Waals surface area contributed by atoms with E-state index in [9.17, 15) is 9.90 Å². The quantitative estimate of drug-likeness (QED) is 0.869. The third-order valence-corrected chi connectivity index (χ3v) is 6.26. The molecular formula is C17H22N6O3. The Balaban J connectivity index is 1.71. The second kappa shape index (κ2) is 5.88. The number of carbonyl (C=O) groups is 1. The van der Waals surface area contributed by atoms with Crippen molar-refractivity contribution in [2.24, 2.45) is 11.8 Å². The molecule has 1 amide bonds. The molecule has 3 fully saturated rings. The summed E-state index contributed by atoms with van der Waals surface area (Å²) < 4.78 is 1.85. The second-order valence-corrected chi connectivity index (χ2v) is 7.47. The highest BCUT2D eigenvalue weighted by atomic mass is 16.7. The lowest BCUT2D eigenvalue weighted by Crippen LogP contribution is -2.63. The standard InChI is InChI=1S/C17H22N6O3/c24-16(25)22-5-2-1-4-17(22,14-10-26-21-6-3-12(14)9-21)23-15-13(8-20-23)7-18-11-19-15/h7-8,11-12,14H,1-6,9-10H2,(H,24,25)/t12-,14?,17?/m1/s1. The van der Waals surface area contributed by atoms with Crippen LogP contribution in [-0.2, 0) is 10.5 Å². The molecule has 3 aliphatic heterocycles. The first-order chi connectivity index (χ1) is 12.7. The third-order valence-electron chi connectivity index (χ3n) is 6.26. The number of hydrogen-bond donors (Lipinski definition) is 1. The van der Waals surface area contributed by atoms with Crippen molar-refractivity contribution in [3.05, 3.63) is 18.7 Å². The van der Waals surface area contributed by atoms with Crippen molar-refractivity contribution in [3.63, 3.8) is 0 Å². The van der Waals surface area contributed by atoms with Crippen molar-refractivity contribution in [2.45, 2.75) is 31.3 Å². The minimum atomic E-state index is -0.900. The summed E-state index contributed by atoms with van der Waals surface area (Å²) >= 11 is 0. The average molecular weight is 358 g/mol. The number of aromatic nitrogens is 4. The lowest BCUT2D eigenvalue weighted by molar-refractivity contribution is -0.215. The molecule has 26 heavy (non-hydrogen) atoms. The summed E-state index contributed by atoms with van der Waals surface area (Å²) in [6.45, 7) is 2.79. The van der Waals surface area contributed by atoms with Crippen LogP contribution in [0.5, 0.6) is 0 Å². The Morgan fingerprint density at radius 3 is 3.12 bits per heavy atom. The molecule has 2 unspecified atom stereocenters. The monoisotopic (exact) mass is 358 g/mol. The SMILES string of the molecule is O=C(O)N1CCCCC1(C1CO[N@@]2CC[C@@H]1C2)n1ncc2cncnc21. The van der Waals surface area contributed by atoms with Crippen molar-refractivity contribution in [3.8, 4) is 0 Å². The maximum atomic E-state index is 12.3. The Hall–Kier alpha value is -2.26. The van der Waals surface area contributed by atoms with Gasteiger partial charge in [-0.15, -0.1) is 0 Å². The zero-order chi connectivity index (χ0) is 17.7. The lowest BCUT2D eigenvalue weighted by Gasteiger charge is -2.52. The average Bonchev–Trinajstić information content (AvgIpc) is 3.26. The number of rotatable bonds is 2. The lowest BCUT2D eigenvalue weighted by atomic mass is 9.75. The van der Waals surface area contributed by atoms with Gasteiger partial charge in [0.15, 0.2) is 5.65 Å². The number of likely N-dealkylation sites (tertiary alicyclic amines) is 1. The first-order valence-electron chi connectivity index (χ1n) is 9.23. The Bertz CT molecular complexity index is 841. The van der Waals surface area contributed by atoms with Crippen LogP contribution in [0.2, 0.25) is 0 Å². The molecule has 0 saturated carbocycles. The van der Waals surface area contributed by atoms with E-state index in [1.54, 1.807) is 17.3 Å². The van der Waals surface area contributed by atoms with Gasteiger partial charge in [-0.2, -0.15) is 10.2 Å². The van der Waals surface area contributed by atoms with Crippen molar-refractivity contribution in [1.29, 1.82) is 0 Å². The third kappa shape index (κ3) is 2.16. The molecule has 3 saturated heterocycles. The summed E-state index contributed by atoms with van der Waals surface area (Å²) in [7, 11) is 0. The maximum Gasteiger partial charge on any atom is 0.409 e. The van der Waals surface area contributed by atoms with E-state index in [0.717, 1.165) is 44.2 Å². The van der Waals surface area contributed by atoms with Crippen LogP contribution in [0.4, 0.5) is 4.79 Å². The predicted molar refractivity (Wildman–Crippen MR) is 91.0 cm³/mol. The summed E-state index contributed by atoms with van der Waals surface area (Å²) in [5.41, 5.74) is -0.0741. The van der Waals surface area contributed by atoms with Crippen LogP contribution < -0.4 is 0 Å². The maximum absolute atomic E-state index is 12.3. The van der Waals surface area contributed by atoms with Gasteiger partial charge in [0.25, 0.3) is 0 Å². The van der Waals surface area contributed by atoms with Gasteiger partial charge in [0.05, 0.1) is 18.2 Å². The van der Waals surface area contributed by atoms with Gasteiger partial charge >= 0.3 is 6.09 Å². The van der Waals surface area contributed by atoms with Crippen LogP contribution in [0.1, 0.15) is 25.7 Å². The second-order valence-electron chi connectivity index (χ2n) is 7.47.